The van der Waals surface area contributed by atoms with Crippen LogP contribution in [0.5, 0.6) is 0 Å². The monoisotopic (exact) mass is 426 g/mol. The lowest BCUT2D eigenvalue weighted by Crippen LogP contribution is -1.94. The summed E-state index contributed by atoms with van der Waals surface area (Å²) in [6.07, 6.45) is 1.58. The number of halogens is 2. The normalized spacial score (nSPS) is 11.3. The first-order valence-electron chi connectivity index (χ1n) is 5.87. The van der Waals surface area contributed by atoms with Crippen molar-refractivity contribution in [1.29, 1.82) is 0 Å². The van der Waals surface area contributed by atoms with Gasteiger partial charge in [-0.3, -0.25) is 0 Å². The Morgan fingerprint density at radius 1 is 1.29 bits per heavy atom. The Morgan fingerprint density at radius 2 is 2.05 bits per heavy atom. The van der Waals surface area contributed by atoms with E-state index in [0.717, 1.165) is 10.0 Å². The number of benzene rings is 1. The van der Waals surface area contributed by atoms with Crippen molar-refractivity contribution in [2.75, 3.05) is 0 Å². The molecule has 2 heterocycles. The third-order valence-corrected chi connectivity index (χ3v) is 4.62. The zero-order valence-electron chi connectivity index (χ0n) is 10.5. The van der Waals surface area contributed by atoms with Crippen molar-refractivity contribution in [3.8, 4) is 11.4 Å². The molecule has 0 aliphatic heterocycles. The van der Waals surface area contributed by atoms with E-state index >= 15 is 0 Å². The van der Waals surface area contributed by atoms with Crippen LogP contribution in [0.2, 0.25) is 0 Å². The van der Waals surface area contributed by atoms with Crippen LogP contribution in [0.1, 0.15) is 5.76 Å². The Balaban J connectivity index is 2.00. The molecule has 106 valence electrons. The lowest BCUT2D eigenvalue weighted by Gasteiger charge is -1.99. The fourth-order valence-electron chi connectivity index (χ4n) is 1.71. The first-order chi connectivity index (χ1) is 10.1. The summed E-state index contributed by atoms with van der Waals surface area (Å²) >= 11 is 11.8. The topological polar surface area (TPSA) is 59.1 Å². The number of furan rings is 1. The van der Waals surface area contributed by atoms with Crippen LogP contribution in [0, 0.1) is 4.77 Å². The molecule has 0 radical (unpaired) electrons. The van der Waals surface area contributed by atoms with Crippen LogP contribution in [0.3, 0.4) is 0 Å². The van der Waals surface area contributed by atoms with Crippen LogP contribution in [-0.2, 0) is 0 Å². The van der Waals surface area contributed by atoms with E-state index in [1.807, 2.05) is 30.3 Å². The third kappa shape index (κ3) is 3.07. The van der Waals surface area contributed by atoms with E-state index in [4.69, 9.17) is 16.6 Å². The van der Waals surface area contributed by atoms with Gasteiger partial charge >= 0.3 is 0 Å². The van der Waals surface area contributed by atoms with Gasteiger partial charge in [0.15, 0.2) is 10.5 Å². The highest BCUT2D eigenvalue weighted by atomic mass is 79.9. The van der Waals surface area contributed by atoms with Crippen LogP contribution >= 0.6 is 44.1 Å². The number of nitrogens with one attached hydrogen (secondary N) is 1. The molecule has 0 saturated carbocycles. The van der Waals surface area contributed by atoms with Crippen molar-refractivity contribution in [2.24, 2.45) is 5.10 Å². The summed E-state index contributed by atoms with van der Waals surface area (Å²) in [6.45, 7) is 0. The van der Waals surface area contributed by atoms with E-state index in [2.05, 4.69) is 47.2 Å². The molecular weight excluding hydrogens is 420 g/mol. The Hall–Kier alpha value is -1.51. The van der Waals surface area contributed by atoms with Gasteiger partial charge in [-0.15, -0.1) is 0 Å². The lowest BCUT2D eigenvalue weighted by molar-refractivity contribution is 0.532. The average molecular weight is 428 g/mol. The molecule has 3 rings (SSSR count). The van der Waals surface area contributed by atoms with Gasteiger partial charge in [0.05, 0.1) is 10.7 Å². The second kappa shape index (κ2) is 6.08. The van der Waals surface area contributed by atoms with E-state index in [9.17, 15) is 0 Å². The molecule has 0 bridgehead atoms. The summed E-state index contributed by atoms with van der Waals surface area (Å²) in [5, 5.41) is 11.3. The first-order valence-corrected chi connectivity index (χ1v) is 7.86. The quantitative estimate of drug-likeness (QED) is 0.490. The second-order valence-electron chi connectivity index (χ2n) is 4.05. The van der Waals surface area contributed by atoms with Crippen LogP contribution in [0.4, 0.5) is 0 Å². The van der Waals surface area contributed by atoms with E-state index in [1.54, 1.807) is 17.0 Å². The number of aromatic amines is 1. The van der Waals surface area contributed by atoms with Crippen molar-refractivity contribution < 1.29 is 4.42 Å². The predicted octanol–water partition coefficient (Wildman–Crippen LogP) is 4.61. The Bertz CT molecular complexity index is 831. The number of hydrogen-bond donors (Lipinski definition) is 1. The summed E-state index contributed by atoms with van der Waals surface area (Å²) in [6, 6.07) is 11.5. The number of nitrogens with zero attached hydrogens (tertiary/aromatic N) is 3. The molecule has 0 atom stereocenters. The highest BCUT2D eigenvalue weighted by molar-refractivity contribution is 9.13. The molecule has 21 heavy (non-hydrogen) atoms. The third-order valence-electron chi connectivity index (χ3n) is 2.65. The molecule has 3 aromatic rings. The number of aromatic nitrogens is 3. The van der Waals surface area contributed by atoms with Crippen LogP contribution in [0.15, 0.2) is 55.1 Å². The maximum atomic E-state index is 5.44. The van der Waals surface area contributed by atoms with Gasteiger partial charge in [0.1, 0.15) is 5.76 Å². The van der Waals surface area contributed by atoms with Gasteiger partial charge in [0.25, 0.3) is 0 Å². The van der Waals surface area contributed by atoms with Gasteiger partial charge in [0, 0.05) is 11.6 Å². The summed E-state index contributed by atoms with van der Waals surface area (Å²) in [5.41, 5.74) is 0.920. The van der Waals surface area contributed by atoms with Gasteiger partial charge in [-0.1, -0.05) is 30.3 Å². The van der Waals surface area contributed by atoms with Gasteiger partial charge in [-0.05, 0) is 44.1 Å². The van der Waals surface area contributed by atoms with Crippen LogP contribution < -0.4 is 0 Å². The van der Waals surface area contributed by atoms with Crippen molar-refractivity contribution in [3.05, 3.63) is 56.1 Å². The molecule has 0 aliphatic rings. The maximum absolute atomic E-state index is 5.44. The molecule has 0 spiro atoms. The highest BCUT2D eigenvalue weighted by Crippen LogP contribution is 2.26. The smallest absolute Gasteiger partial charge is 0.216 e. The van der Waals surface area contributed by atoms with Crippen molar-refractivity contribution in [1.82, 2.24) is 14.9 Å². The summed E-state index contributed by atoms with van der Waals surface area (Å²) < 4.78 is 8.84. The van der Waals surface area contributed by atoms with Crippen LogP contribution in [0.25, 0.3) is 11.4 Å². The second-order valence-corrected chi connectivity index (χ2v) is 6.01. The molecule has 1 N–H and O–H groups in total. The highest BCUT2D eigenvalue weighted by Gasteiger charge is 2.08. The Morgan fingerprint density at radius 3 is 2.71 bits per heavy atom. The minimum absolute atomic E-state index is 0.412. The number of H-pyrrole nitrogens is 1. The molecule has 8 heteroatoms. The molecular formula is C13H8Br2N4OS. The maximum Gasteiger partial charge on any atom is 0.216 e. The van der Waals surface area contributed by atoms with Crippen molar-refractivity contribution in [2.45, 2.75) is 0 Å². The molecule has 2 aromatic heterocycles. The van der Waals surface area contributed by atoms with E-state index in [-0.39, 0.29) is 0 Å². The van der Waals surface area contributed by atoms with Gasteiger partial charge in [-0.25, -0.2) is 5.10 Å². The van der Waals surface area contributed by atoms with E-state index in [1.165, 1.54) is 0 Å². The Kier molecular flexibility index (Phi) is 4.18. The van der Waals surface area contributed by atoms with Crippen molar-refractivity contribution >= 4 is 50.3 Å². The average Bonchev–Trinajstić information content (AvgIpc) is 3.01. The first kappa shape index (κ1) is 14.4. The largest absolute Gasteiger partial charge is 0.447 e. The molecule has 0 fully saturated rings. The molecule has 0 unspecified atom stereocenters. The molecule has 0 aliphatic carbocycles. The molecule has 1 aromatic carbocycles. The standard InChI is InChI=1S/C13H8Br2N4OS/c14-10-6-9(20-11(10)15)7-16-19-12(17-18-13(19)21)8-4-2-1-3-5-8/h1-7H,(H,18,21)/b16-7+. The summed E-state index contributed by atoms with van der Waals surface area (Å²) in [7, 11) is 0. The summed E-state index contributed by atoms with van der Waals surface area (Å²) in [4.78, 5) is 0. The van der Waals surface area contributed by atoms with Crippen molar-refractivity contribution in [3.63, 3.8) is 0 Å². The molecule has 0 amide bonds. The zero-order chi connectivity index (χ0) is 14.8. The number of rotatable bonds is 3. The predicted molar refractivity (Wildman–Crippen MR) is 89.9 cm³/mol. The van der Waals surface area contributed by atoms with E-state index < -0.39 is 0 Å². The van der Waals surface area contributed by atoms with E-state index in [0.29, 0.717) is 21.0 Å². The zero-order valence-corrected chi connectivity index (χ0v) is 14.4. The van der Waals surface area contributed by atoms with Crippen LogP contribution in [-0.4, -0.2) is 21.1 Å². The lowest BCUT2D eigenvalue weighted by atomic mass is 10.2. The molecule has 5 nitrogen and oxygen atoms in total. The van der Waals surface area contributed by atoms with Gasteiger partial charge < -0.3 is 4.42 Å². The fourth-order valence-corrected chi connectivity index (χ4v) is 2.50. The van der Waals surface area contributed by atoms with Gasteiger partial charge in [-0.2, -0.15) is 14.9 Å². The SMILES string of the molecule is S=c1[nH]nc(-c2ccccc2)n1/N=C/c1cc(Br)c(Br)o1. The minimum atomic E-state index is 0.412. The minimum Gasteiger partial charge on any atom is -0.447 e. The Labute approximate surface area is 141 Å². The summed E-state index contributed by atoms with van der Waals surface area (Å²) in [5.74, 6) is 1.23. The molecule has 0 saturated heterocycles. The fraction of sp³-hybridized carbons (Fsp3) is 0. The number of hydrogen-bond acceptors (Lipinski definition) is 4. The van der Waals surface area contributed by atoms with Gasteiger partial charge in [0.2, 0.25) is 4.77 Å².